The highest BCUT2D eigenvalue weighted by atomic mass is 19.1. The number of nitrogens with one attached hydrogen (secondary N) is 1. The number of amides is 1. The third kappa shape index (κ3) is 4.72. The second-order valence-electron chi connectivity index (χ2n) is 4.37. The van der Waals surface area contributed by atoms with Gasteiger partial charge in [0, 0.05) is 0 Å². The first-order valence-corrected chi connectivity index (χ1v) is 6.38. The molecule has 0 bridgehead atoms. The highest BCUT2D eigenvalue weighted by Crippen LogP contribution is 2.11. The summed E-state index contributed by atoms with van der Waals surface area (Å²) in [4.78, 5) is 11.7. The molecule has 4 nitrogen and oxygen atoms in total. The van der Waals surface area contributed by atoms with Crippen molar-refractivity contribution < 1.29 is 13.9 Å². The van der Waals surface area contributed by atoms with Crippen LogP contribution >= 0.6 is 0 Å². The van der Waals surface area contributed by atoms with Crippen LogP contribution < -0.4 is 10.2 Å². The lowest BCUT2D eigenvalue weighted by atomic mass is 10.1. The number of hydrogen-bond acceptors (Lipinski definition) is 3. The number of carbonyl (C=O) groups is 1. The largest absolute Gasteiger partial charge is 0.497 e. The first kappa shape index (κ1) is 14.7. The second-order valence-corrected chi connectivity index (χ2v) is 4.37. The monoisotopic (exact) mass is 286 g/mol. The normalized spacial score (nSPS) is 10.6. The number of hydrazone groups is 1. The van der Waals surface area contributed by atoms with Crippen LogP contribution in [0, 0.1) is 5.82 Å². The molecule has 0 spiro atoms. The first-order chi connectivity index (χ1) is 10.2. The fourth-order valence-electron chi connectivity index (χ4n) is 1.73. The summed E-state index contributed by atoms with van der Waals surface area (Å²) in [5, 5.41) is 3.80. The van der Waals surface area contributed by atoms with Gasteiger partial charge in [-0.1, -0.05) is 24.3 Å². The summed E-state index contributed by atoms with van der Waals surface area (Å²) in [6, 6.07) is 13.2. The van der Waals surface area contributed by atoms with Gasteiger partial charge in [0.2, 0.25) is 5.91 Å². The van der Waals surface area contributed by atoms with Crippen molar-refractivity contribution in [3.05, 3.63) is 65.5 Å². The Morgan fingerprint density at radius 3 is 2.71 bits per heavy atom. The molecule has 0 unspecified atom stereocenters. The number of carbonyl (C=O) groups excluding carboxylic acids is 1. The van der Waals surface area contributed by atoms with E-state index in [1.54, 1.807) is 31.4 Å². The van der Waals surface area contributed by atoms with Crippen molar-refractivity contribution in [2.45, 2.75) is 6.42 Å². The van der Waals surface area contributed by atoms with E-state index >= 15 is 0 Å². The quantitative estimate of drug-likeness (QED) is 0.678. The zero-order valence-corrected chi connectivity index (χ0v) is 11.5. The fraction of sp³-hybridized carbons (Fsp3) is 0.125. The van der Waals surface area contributed by atoms with Crippen LogP contribution in [0.15, 0.2) is 53.6 Å². The molecule has 1 N–H and O–H groups in total. The van der Waals surface area contributed by atoms with Gasteiger partial charge in [-0.2, -0.15) is 5.10 Å². The predicted molar refractivity (Wildman–Crippen MR) is 78.8 cm³/mol. The van der Waals surface area contributed by atoms with Gasteiger partial charge in [0.1, 0.15) is 11.6 Å². The predicted octanol–water partition coefficient (Wildman–Crippen LogP) is 2.53. The molecule has 2 rings (SSSR count). The Hall–Kier alpha value is -2.69. The molecule has 0 fully saturated rings. The molecule has 0 heterocycles. The number of hydrogen-bond donors (Lipinski definition) is 1. The van der Waals surface area contributed by atoms with Gasteiger partial charge in [0.05, 0.1) is 19.7 Å². The minimum atomic E-state index is -0.344. The van der Waals surface area contributed by atoms with E-state index < -0.39 is 0 Å². The van der Waals surface area contributed by atoms with E-state index in [0.29, 0.717) is 5.56 Å². The van der Waals surface area contributed by atoms with Gasteiger partial charge < -0.3 is 4.74 Å². The van der Waals surface area contributed by atoms with Crippen LogP contribution in [0.25, 0.3) is 0 Å². The molecular weight excluding hydrogens is 271 g/mol. The highest BCUT2D eigenvalue weighted by molar-refractivity contribution is 5.83. The molecule has 0 aromatic heterocycles. The summed E-state index contributed by atoms with van der Waals surface area (Å²) in [5.41, 5.74) is 3.84. The molecule has 0 radical (unpaired) electrons. The minimum absolute atomic E-state index is 0.213. The SMILES string of the molecule is COc1ccc(CC(=O)N/N=C/c2cccc(F)c2)cc1. The van der Waals surface area contributed by atoms with Crippen molar-refractivity contribution in [3.63, 3.8) is 0 Å². The van der Waals surface area contributed by atoms with Crippen molar-refractivity contribution in [1.29, 1.82) is 0 Å². The number of nitrogens with zero attached hydrogens (tertiary/aromatic N) is 1. The molecule has 0 aliphatic heterocycles. The minimum Gasteiger partial charge on any atom is -0.497 e. The molecule has 0 saturated carbocycles. The van der Waals surface area contributed by atoms with Gasteiger partial charge in [-0.15, -0.1) is 0 Å². The van der Waals surface area contributed by atoms with E-state index in [4.69, 9.17) is 4.74 Å². The van der Waals surface area contributed by atoms with Crippen molar-refractivity contribution >= 4 is 12.1 Å². The Labute approximate surface area is 122 Å². The maximum Gasteiger partial charge on any atom is 0.244 e. The molecule has 0 saturated heterocycles. The van der Waals surface area contributed by atoms with Gasteiger partial charge in [0.25, 0.3) is 0 Å². The molecule has 108 valence electrons. The third-order valence-electron chi connectivity index (χ3n) is 2.78. The lowest BCUT2D eigenvalue weighted by Gasteiger charge is -2.02. The summed E-state index contributed by atoms with van der Waals surface area (Å²) in [6.45, 7) is 0. The van der Waals surface area contributed by atoms with E-state index in [2.05, 4.69) is 10.5 Å². The van der Waals surface area contributed by atoms with E-state index in [-0.39, 0.29) is 18.1 Å². The summed E-state index contributed by atoms with van der Waals surface area (Å²) >= 11 is 0. The summed E-state index contributed by atoms with van der Waals surface area (Å²) in [6.07, 6.45) is 1.61. The molecule has 2 aromatic rings. The molecule has 0 atom stereocenters. The van der Waals surface area contributed by atoms with Gasteiger partial charge in [-0.3, -0.25) is 4.79 Å². The van der Waals surface area contributed by atoms with Gasteiger partial charge in [-0.05, 0) is 35.4 Å². The number of rotatable bonds is 5. The Bertz CT molecular complexity index is 639. The third-order valence-corrected chi connectivity index (χ3v) is 2.78. The first-order valence-electron chi connectivity index (χ1n) is 6.38. The fourth-order valence-corrected chi connectivity index (χ4v) is 1.73. The van der Waals surface area contributed by atoms with E-state index in [9.17, 15) is 9.18 Å². The van der Waals surface area contributed by atoms with Crippen LogP contribution in [0.4, 0.5) is 4.39 Å². The Balaban J connectivity index is 1.86. The molecule has 2 aromatic carbocycles. The van der Waals surface area contributed by atoms with Crippen LogP contribution in [-0.4, -0.2) is 19.2 Å². The number of methoxy groups -OCH3 is 1. The van der Waals surface area contributed by atoms with E-state index in [1.165, 1.54) is 18.3 Å². The Kier molecular flexibility index (Phi) is 5.04. The Morgan fingerprint density at radius 2 is 2.05 bits per heavy atom. The highest BCUT2D eigenvalue weighted by Gasteiger charge is 2.02. The molecule has 0 aliphatic rings. The van der Waals surface area contributed by atoms with Gasteiger partial charge in [-0.25, -0.2) is 9.82 Å². The van der Waals surface area contributed by atoms with E-state index in [1.807, 2.05) is 12.1 Å². The molecule has 1 amide bonds. The van der Waals surface area contributed by atoms with Crippen LogP contribution in [-0.2, 0) is 11.2 Å². The van der Waals surface area contributed by atoms with Crippen molar-refractivity contribution in [1.82, 2.24) is 5.43 Å². The van der Waals surface area contributed by atoms with Crippen molar-refractivity contribution in [3.8, 4) is 5.75 Å². The number of benzene rings is 2. The lowest BCUT2D eigenvalue weighted by molar-refractivity contribution is -0.120. The standard InChI is InChI=1S/C16H15FN2O2/c1-21-15-7-5-12(6-8-15)10-16(20)19-18-11-13-3-2-4-14(17)9-13/h2-9,11H,10H2,1H3,(H,19,20)/b18-11+. The van der Waals surface area contributed by atoms with Crippen molar-refractivity contribution in [2.75, 3.05) is 7.11 Å². The Morgan fingerprint density at radius 1 is 1.29 bits per heavy atom. The molecule has 0 aliphatic carbocycles. The van der Waals surface area contributed by atoms with Gasteiger partial charge in [0.15, 0.2) is 0 Å². The maximum absolute atomic E-state index is 12.9. The van der Waals surface area contributed by atoms with E-state index in [0.717, 1.165) is 11.3 Å². The zero-order chi connectivity index (χ0) is 15.1. The topological polar surface area (TPSA) is 50.7 Å². The average Bonchev–Trinajstić information content (AvgIpc) is 2.48. The van der Waals surface area contributed by atoms with Gasteiger partial charge >= 0.3 is 0 Å². The van der Waals surface area contributed by atoms with Crippen molar-refractivity contribution in [2.24, 2.45) is 5.10 Å². The summed E-state index contributed by atoms with van der Waals surface area (Å²) in [7, 11) is 1.59. The lowest BCUT2D eigenvalue weighted by Crippen LogP contribution is -2.19. The number of halogens is 1. The van der Waals surface area contributed by atoms with Crippen LogP contribution in [0.3, 0.4) is 0 Å². The summed E-state index contributed by atoms with van der Waals surface area (Å²) < 4.78 is 18.0. The smallest absolute Gasteiger partial charge is 0.244 e. The number of ether oxygens (including phenoxy) is 1. The molecular formula is C16H15FN2O2. The zero-order valence-electron chi connectivity index (χ0n) is 11.5. The second kappa shape index (κ2) is 7.19. The van der Waals surface area contributed by atoms with Crippen LogP contribution in [0.1, 0.15) is 11.1 Å². The van der Waals surface area contributed by atoms with Crippen LogP contribution in [0.5, 0.6) is 5.75 Å². The molecule has 5 heteroatoms. The molecule has 21 heavy (non-hydrogen) atoms. The van der Waals surface area contributed by atoms with Crippen LogP contribution in [0.2, 0.25) is 0 Å². The summed E-state index contributed by atoms with van der Waals surface area (Å²) in [5.74, 6) is 0.152. The maximum atomic E-state index is 12.9. The average molecular weight is 286 g/mol.